The second-order valence-corrected chi connectivity index (χ2v) is 5.61. The molecular formula is C17H12F3N3O2. The maximum absolute atomic E-state index is 13.1. The third kappa shape index (κ3) is 2.90. The fraction of sp³-hybridized carbons (Fsp3) is 0.176. The van der Waals surface area contributed by atoms with Gasteiger partial charge in [0.2, 0.25) is 12.6 Å². The molecule has 1 aliphatic rings. The lowest BCUT2D eigenvalue weighted by molar-refractivity contribution is -0.144. The number of nitrogens with zero attached hydrogens (tertiary/aromatic N) is 2. The highest BCUT2D eigenvalue weighted by Gasteiger charge is 2.35. The SMILES string of the molecule is Cc1ccc2nc(C(F)(F)F)nc(Nc3ccc4c(c3)OCO4)c2c1. The Morgan fingerprint density at radius 2 is 1.80 bits per heavy atom. The second kappa shape index (κ2) is 5.51. The summed E-state index contributed by atoms with van der Waals surface area (Å²) < 4.78 is 49.8. The zero-order valence-corrected chi connectivity index (χ0v) is 13.0. The van der Waals surface area contributed by atoms with Gasteiger partial charge in [-0.05, 0) is 31.2 Å². The Morgan fingerprint density at radius 1 is 1.00 bits per heavy atom. The summed E-state index contributed by atoms with van der Waals surface area (Å²) in [5.41, 5.74) is 1.65. The van der Waals surface area contributed by atoms with Crippen LogP contribution in [0.1, 0.15) is 11.4 Å². The smallest absolute Gasteiger partial charge is 0.451 e. The van der Waals surface area contributed by atoms with Gasteiger partial charge in [0.05, 0.1) is 5.52 Å². The molecule has 1 N–H and O–H groups in total. The molecule has 128 valence electrons. The Bertz CT molecular complexity index is 973. The lowest BCUT2D eigenvalue weighted by atomic mass is 10.1. The minimum Gasteiger partial charge on any atom is -0.454 e. The van der Waals surface area contributed by atoms with Gasteiger partial charge >= 0.3 is 6.18 Å². The third-order valence-electron chi connectivity index (χ3n) is 3.74. The van der Waals surface area contributed by atoms with E-state index in [4.69, 9.17) is 9.47 Å². The topological polar surface area (TPSA) is 56.3 Å². The fourth-order valence-electron chi connectivity index (χ4n) is 2.58. The van der Waals surface area contributed by atoms with E-state index in [0.29, 0.717) is 22.6 Å². The zero-order chi connectivity index (χ0) is 17.6. The molecule has 0 saturated heterocycles. The van der Waals surface area contributed by atoms with Crippen LogP contribution < -0.4 is 14.8 Å². The average molecular weight is 347 g/mol. The summed E-state index contributed by atoms with van der Waals surface area (Å²) in [5.74, 6) is 0.00694. The first kappa shape index (κ1) is 15.5. The van der Waals surface area contributed by atoms with Gasteiger partial charge < -0.3 is 14.8 Å². The molecule has 0 bridgehead atoms. The van der Waals surface area contributed by atoms with Gasteiger partial charge in [-0.15, -0.1) is 0 Å². The van der Waals surface area contributed by atoms with Crippen LogP contribution in [0.3, 0.4) is 0 Å². The Hall–Kier alpha value is -3.03. The molecule has 1 aliphatic heterocycles. The van der Waals surface area contributed by atoms with Crippen LogP contribution in [0.4, 0.5) is 24.7 Å². The van der Waals surface area contributed by atoms with Crippen LogP contribution in [0.25, 0.3) is 10.9 Å². The van der Waals surface area contributed by atoms with Crippen molar-refractivity contribution in [2.75, 3.05) is 12.1 Å². The van der Waals surface area contributed by atoms with E-state index < -0.39 is 12.0 Å². The number of aromatic nitrogens is 2. The van der Waals surface area contributed by atoms with Crippen molar-refractivity contribution in [3.63, 3.8) is 0 Å². The number of benzene rings is 2. The van der Waals surface area contributed by atoms with Crippen LogP contribution in [-0.2, 0) is 6.18 Å². The standard InChI is InChI=1S/C17H12F3N3O2/c1-9-2-4-12-11(6-9)15(23-16(22-12)17(18,19)20)21-10-3-5-13-14(7-10)25-8-24-13/h2-7H,8H2,1H3,(H,21,22,23). The summed E-state index contributed by atoms with van der Waals surface area (Å²) in [6, 6.07) is 10.0. The first-order valence-corrected chi connectivity index (χ1v) is 7.42. The molecule has 5 nitrogen and oxygen atoms in total. The summed E-state index contributed by atoms with van der Waals surface area (Å²) in [6.07, 6.45) is -4.63. The highest BCUT2D eigenvalue weighted by atomic mass is 19.4. The molecule has 0 spiro atoms. The molecule has 2 heterocycles. The predicted molar refractivity (Wildman–Crippen MR) is 85.1 cm³/mol. The van der Waals surface area contributed by atoms with Gasteiger partial charge in [0.25, 0.3) is 0 Å². The number of anilines is 2. The van der Waals surface area contributed by atoms with Crippen LogP contribution >= 0.6 is 0 Å². The van der Waals surface area contributed by atoms with E-state index in [1.165, 1.54) is 0 Å². The van der Waals surface area contributed by atoms with E-state index in [1.54, 1.807) is 36.4 Å². The average Bonchev–Trinajstić information content (AvgIpc) is 3.02. The van der Waals surface area contributed by atoms with Crippen molar-refractivity contribution in [3.05, 3.63) is 47.8 Å². The van der Waals surface area contributed by atoms with Gasteiger partial charge in [-0.2, -0.15) is 13.2 Å². The summed E-state index contributed by atoms with van der Waals surface area (Å²) in [7, 11) is 0. The van der Waals surface area contributed by atoms with Crippen molar-refractivity contribution in [2.24, 2.45) is 0 Å². The van der Waals surface area contributed by atoms with Crippen molar-refractivity contribution >= 4 is 22.4 Å². The van der Waals surface area contributed by atoms with Crippen LogP contribution in [0.15, 0.2) is 36.4 Å². The van der Waals surface area contributed by atoms with Gasteiger partial charge in [-0.1, -0.05) is 11.6 Å². The molecule has 0 atom stereocenters. The lowest BCUT2D eigenvalue weighted by Crippen LogP contribution is -2.12. The van der Waals surface area contributed by atoms with Crippen LogP contribution in [0.5, 0.6) is 11.5 Å². The highest BCUT2D eigenvalue weighted by Crippen LogP contribution is 2.36. The molecule has 0 amide bonds. The number of hydrogen-bond donors (Lipinski definition) is 1. The summed E-state index contributed by atoms with van der Waals surface area (Å²) in [6.45, 7) is 1.97. The second-order valence-electron chi connectivity index (χ2n) is 5.61. The Morgan fingerprint density at radius 3 is 2.60 bits per heavy atom. The van der Waals surface area contributed by atoms with E-state index >= 15 is 0 Å². The fourth-order valence-corrected chi connectivity index (χ4v) is 2.58. The number of fused-ring (bicyclic) bond motifs is 2. The Kier molecular flexibility index (Phi) is 3.41. The van der Waals surface area contributed by atoms with Crippen LogP contribution in [-0.4, -0.2) is 16.8 Å². The normalized spacial score (nSPS) is 13.3. The van der Waals surface area contributed by atoms with Gasteiger partial charge in [0.1, 0.15) is 5.82 Å². The Balaban J connectivity index is 1.83. The molecule has 0 saturated carbocycles. The maximum atomic E-state index is 13.1. The first-order valence-electron chi connectivity index (χ1n) is 7.42. The first-order chi connectivity index (χ1) is 11.9. The number of aryl methyl sites for hydroxylation is 1. The molecule has 0 fully saturated rings. The zero-order valence-electron chi connectivity index (χ0n) is 13.0. The molecule has 8 heteroatoms. The maximum Gasteiger partial charge on any atom is 0.451 e. The molecule has 2 aromatic carbocycles. The van der Waals surface area contributed by atoms with Gasteiger partial charge in [0.15, 0.2) is 11.5 Å². The van der Waals surface area contributed by atoms with Crippen molar-refractivity contribution in [1.29, 1.82) is 0 Å². The van der Waals surface area contributed by atoms with Crippen molar-refractivity contribution in [3.8, 4) is 11.5 Å². The number of hydrogen-bond acceptors (Lipinski definition) is 5. The number of halogens is 3. The number of nitrogens with one attached hydrogen (secondary N) is 1. The quantitative estimate of drug-likeness (QED) is 0.743. The molecule has 25 heavy (non-hydrogen) atoms. The van der Waals surface area contributed by atoms with Gasteiger partial charge in [0, 0.05) is 17.1 Å². The molecule has 0 radical (unpaired) electrons. The monoisotopic (exact) mass is 347 g/mol. The highest BCUT2D eigenvalue weighted by molar-refractivity contribution is 5.91. The number of alkyl halides is 3. The van der Waals surface area contributed by atoms with Crippen molar-refractivity contribution in [2.45, 2.75) is 13.1 Å². The number of rotatable bonds is 2. The minimum absolute atomic E-state index is 0.0832. The van der Waals surface area contributed by atoms with Crippen LogP contribution in [0.2, 0.25) is 0 Å². The summed E-state index contributed by atoms with van der Waals surface area (Å²) >= 11 is 0. The third-order valence-corrected chi connectivity index (χ3v) is 3.74. The van der Waals surface area contributed by atoms with E-state index in [-0.39, 0.29) is 18.1 Å². The largest absolute Gasteiger partial charge is 0.454 e. The minimum atomic E-state index is -4.63. The molecule has 3 aromatic rings. The van der Waals surface area contributed by atoms with Crippen molar-refractivity contribution < 1.29 is 22.6 Å². The van der Waals surface area contributed by atoms with Gasteiger partial charge in [-0.25, -0.2) is 9.97 Å². The van der Waals surface area contributed by atoms with Crippen molar-refractivity contribution in [1.82, 2.24) is 9.97 Å². The molecule has 4 rings (SSSR count). The molecular weight excluding hydrogens is 335 g/mol. The number of ether oxygens (including phenoxy) is 2. The predicted octanol–water partition coefficient (Wildman–Crippen LogP) is 4.43. The molecule has 0 unspecified atom stereocenters. The lowest BCUT2D eigenvalue weighted by Gasteiger charge is -2.13. The Labute approximate surface area is 140 Å². The molecule has 0 aliphatic carbocycles. The van der Waals surface area contributed by atoms with E-state index in [1.807, 2.05) is 6.92 Å². The van der Waals surface area contributed by atoms with E-state index in [0.717, 1.165) is 5.56 Å². The van der Waals surface area contributed by atoms with Gasteiger partial charge in [-0.3, -0.25) is 0 Å². The van der Waals surface area contributed by atoms with E-state index in [9.17, 15) is 13.2 Å². The summed E-state index contributed by atoms with van der Waals surface area (Å²) in [5, 5.41) is 3.43. The molecule has 1 aromatic heterocycles. The van der Waals surface area contributed by atoms with E-state index in [2.05, 4.69) is 15.3 Å². The van der Waals surface area contributed by atoms with Crippen LogP contribution in [0, 0.1) is 6.92 Å². The summed E-state index contributed by atoms with van der Waals surface area (Å²) in [4.78, 5) is 7.31.